The van der Waals surface area contributed by atoms with Crippen LogP contribution >= 0.6 is 0 Å². The molecule has 1 aromatic carbocycles. The SMILES string of the molecule is COC(=O)[C@@]1(C)[C@@H]2C(c3ccccc3)=NC=C[C@@]21CN(C1CCCCC1)C1CCCCC1. The number of hydrogen-bond acceptors (Lipinski definition) is 4. The van der Waals surface area contributed by atoms with E-state index in [4.69, 9.17) is 9.73 Å². The van der Waals surface area contributed by atoms with Crippen LogP contribution < -0.4 is 0 Å². The van der Waals surface area contributed by atoms with Crippen molar-refractivity contribution < 1.29 is 9.53 Å². The molecule has 0 spiro atoms. The molecule has 0 amide bonds. The number of ether oxygens (including phenoxy) is 1. The third kappa shape index (κ3) is 3.46. The molecular weight excluding hydrogens is 396 g/mol. The van der Waals surface area contributed by atoms with Gasteiger partial charge in [0.15, 0.2) is 0 Å². The Balaban J connectivity index is 1.51. The molecule has 3 aliphatic carbocycles. The maximum Gasteiger partial charge on any atom is 0.313 e. The van der Waals surface area contributed by atoms with Crippen LogP contribution in [0.1, 0.15) is 76.7 Å². The summed E-state index contributed by atoms with van der Waals surface area (Å²) in [6.45, 7) is 3.07. The predicted octanol–water partition coefficient (Wildman–Crippen LogP) is 5.77. The Morgan fingerprint density at radius 2 is 1.59 bits per heavy atom. The number of carbonyl (C=O) groups is 1. The molecule has 1 aliphatic heterocycles. The van der Waals surface area contributed by atoms with Gasteiger partial charge in [-0.2, -0.15) is 0 Å². The lowest BCUT2D eigenvalue weighted by molar-refractivity contribution is -0.148. The summed E-state index contributed by atoms with van der Waals surface area (Å²) in [5.74, 6) is -0.0190. The van der Waals surface area contributed by atoms with Gasteiger partial charge in [0.1, 0.15) is 0 Å². The summed E-state index contributed by atoms with van der Waals surface area (Å²) in [6.07, 6.45) is 17.5. The Hall–Kier alpha value is -1.94. The second kappa shape index (κ2) is 8.78. The van der Waals surface area contributed by atoms with E-state index < -0.39 is 5.41 Å². The third-order valence-electron chi connectivity index (χ3n) is 9.05. The number of nitrogens with zero attached hydrogens (tertiary/aromatic N) is 2. The molecule has 1 aromatic rings. The minimum Gasteiger partial charge on any atom is -0.469 e. The topological polar surface area (TPSA) is 41.9 Å². The largest absolute Gasteiger partial charge is 0.469 e. The minimum atomic E-state index is -0.564. The molecule has 3 fully saturated rings. The lowest BCUT2D eigenvalue weighted by atomic mass is 9.85. The zero-order valence-corrected chi connectivity index (χ0v) is 19.8. The van der Waals surface area contributed by atoms with Crippen molar-refractivity contribution in [2.24, 2.45) is 21.7 Å². The van der Waals surface area contributed by atoms with Crippen LogP contribution in [-0.2, 0) is 9.53 Å². The van der Waals surface area contributed by atoms with Crippen LogP contribution in [0, 0.1) is 16.7 Å². The third-order valence-corrected chi connectivity index (χ3v) is 9.05. The lowest BCUT2D eigenvalue weighted by Gasteiger charge is -2.44. The number of carbonyl (C=O) groups excluding carboxylic acids is 1. The van der Waals surface area contributed by atoms with Crippen LogP contribution in [0.5, 0.6) is 0 Å². The van der Waals surface area contributed by atoms with Gasteiger partial charge in [-0.3, -0.25) is 14.7 Å². The molecule has 0 radical (unpaired) electrons. The highest BCUT2D eigenvalue weighted by Crippen LogP contribution is 2.73. The summed E-state index contributed by atoms with van der Waals surface area (Å²) in [5, 5.41) is 0. The maximum atomic E-state index is 13.2. The van der Waals surface area contributed by atoms with Crippen molar-refractivity contribution >= 4 is 11.7 Å². The normalized spacial score (nSPS) is 33.0. The Labute approximate surface area is 193 Å². The van der Waals surface area contributed by atoms with Gasteiger partial charge in [0, 0.05) is 36.2 Å². The zero-order valence-electron chi connectivity index (χ0n) is 19.8. The van der Waals surface area contributed by atoms with Crippen LogP contribution in [0.2, 0.25) is 0 Å². The van der Waals surface area contributed by atoms with Gasteiger partial charge >= 0.3 is 5.97 Å². The smallest absolute Gasteiger partial charge is 0.313 e. The molecular formula is C28H38N2O2. The highest BCUT2D eigenvalue weighted by Gasteiger charge is 2.79. The monoisotopic (exact) mass is 434 g/mol. The minimum absolute atomic E-state index is 0.0736. The van der Waals surface area contributed by atoms with Crippen molar-refractivity contribution in [3.8, 4) is 0 Å². The van der Waals surface area contributed by atoms with E-state index in [0.717, 1.165) is 17.8 Å². The van der Waals surface area contributed by atoms with Gasteiger partial charge in [-0.15, -0.1) is 0 Å². The first-order valence-corrected chi connectivity index (χ1v) is 12.8. The number of fused-ring (bicyclic) bond motifs is 1. The molecule has 1 heterocycles. The second-order valence-corrected chi connectivity index (χ2v) is 10.6. The molecule has 4 nitrogen and oxygen atoms in total. The number of hydrogen-bond donors (Lipinski definition) is 0. The van der Waals surface area contributed by atoms with Gasteiger partial charge in [-0.1, -0.05) is 74.9 Å². The molecule has 0 saturated heterocycles. The van der Waals surface area contributed by atoms with E-state index in [9.17, 15) is 4.79 Å². The molecule has 172 valence electrons. The molecule has 0 aromatic heterocycles. The molecule has 4 aliphatic rings. The number of esters is 1. The maximum absolute atomic E-state index is 13.2. The molecule has 3 saturated carbocycles. The number of aliphatic imine (C=N–C) groups is 1. The Morgan fingerprint density at radius 1 is 1.00 bits per heavy atom. The van der Waals surface area contributed by atoms with Gasteiger partial charge in [0.05, 0.1) is 18.2 Å². The van der Waals surface area contributed by atoms with Gasteiger partial charge in [-0.25, -0.2) is 0 Å². The highest BCUT2D eigenvalue weighted by atomic mass is 16.5. The summed E-state index contributed by atoms with van der Waals surface area (Å²) in [7, 11) is 1.54. The van der Waals surface area contributed by atoms with Crippen molar-refractivity contribution in [3.63, 3.8) is 0 Å². The van der Waals surface area contributed by atoms with Crippen molar-refractivity contribution in [3.05, 3.63) is 48.2 Å². The summed E-state index contributed by atoms with van der Waals surface area (Å²) < 4.78 is 5.40. The molecule has 32 heavy (non-hydrogen) atoms. The molecule has 0 unspecified atom stereocenters. The Morgan fingerprint density at radius 3 is 2.16 bits per heavy atom. The number of benzene rings is 1. The van der Waals surface area contributed by atoms with Gasteiger partial charge in [-0.05, 0) is 38.2 Å². The molecule has 0 N–H and O–H groups in total. The quantitative estimate of drug-likeness (QED) is 0.534. The Bertz CT molecular complexity index is 864. The van der Waals surface area contributed by atoms with Crippen LogP contribution in [0.25, 0.3) is 0 Å². The van der Waals surface area contributed by atoms with Crippen molar-refractivity contribution in [1.29, 1.82) is 0 Å². The summed E-state index contributed by atoms with van der Waals surface area (Å²) in [6, 6.07) is 11.7. The highest BCUT2D eigenvalue weighted by molar-refractivity contribution is 6.10. The number of methoxy groups -OCH3 is 1. The van der Waals surface area contributed by atoms with Crippen LogP contribution in [0.4, 0.5) is 0 Å². The molecule has 4 heteroatoms. The van der Waals surface area contributed by atoms with Crippen molar-refractivity contribution in [1.82, 2.24) is 4.90 Å². The van der Waals surface area contributed by atoms with E-state index in [1.54, 1.807) is 0 Å². The van der Waals surface area contributed by atoms with E-state index in [1.807, 2.05) is 12.3 Å². The fourth-order valence-corrected chi connectivity index (χ4v) is 7.20. The van der Waals surface area contributed by atoms with Crippen molar-refractivity contribution in [2.45, 2.75) is 83.2 Å². The van der Waals surface area contributed by atoms with Gasteiger partial charge < -0.3 is 4.74 Å². The standard InChI is InChI=1S/C28H38N2O2/c1-27(26(31)32-2)25-24(21-12-6-3-7-13-21)29-19-18-28(25,27)20-30(22-14-8-4-9-15-22)23-16-10-5-11-17-23/h3,6-7,12-13,18-19,22-23,25H,4-5,8-11,14-17,20H2,1-2H3/t25-,27+,28+/m0/s1. The number of rotatable bonds is 6. The zero-order chi connectivity index (χ0) is 22.2. The van der Waals surface area contributed by atoms with Crippen LogP contribution in [-0.4, -0.2) is 42.3 Å². The van der Waals surface area contributed by atoms with Crippen molar-refractivity contribution in [2.75, 3.05) is 13.7 Å². The predicted molar refractivity (Wildman–Crippen MR) is 129 cm³/mol. The summed E-state index contributed by atoms with van der Waals surface area (Å²) in [4.78, 5) is 20.9. The Kier molecular flexibility index (Phi) is 6.00. The van der Waals surface area contributed by atoms with Crippen LogP contribution in [0.3, 0.4) is 0 Å². The average Bonchev–Trinajstić information content (AvgIpc) is 3.43. The van der Waals surface area contributed by atoms with Gasteiger partial charge in [0.2, 0.25) is 0 Å². The molecule has 0 bridgehead atoms. The second-order valence-electron chi connectivity index (χ2n) is 10.6. The van der Waals surface area contributed by atoms with E-state index >= 15 is 0 Å². The summed E-state index contributed by atoms with van der Waals surface area (Å²) >= 11 is 0. The average molecular weight is 435 g/mol. The molecule has 5 rings (SSSR count). The first kappa shape index (κ1) is 21.9. The van der Waals surface area contributed by atoms with E-state index in [-0.39, 0.29) is 17.3 Å². The fourth-order valence-electron chi connectivity index (χ4n) is 7.20. The molecule has 3 atom stereocenters. The van der Waals surface area contributed by atoms with E-state index in [2.05, 4.69) is 42.2 Å². The van der Waals surface area contributed by atoms with Crippen LogP contribution in [0.15, 0.2) is 47.6 Å². The first-order valence-electron chi connectivity index (χ1n) is 12.8. The first-order chi connectivity index (χ1) is 15.6. The lowest BCUT2D eigenvalue weighted by Crippen LogP contribution is -2.49. The fraction of sp³-hybridized carbons (Fsp3) is 0.643. The van der Waals surface area contributed by atoms with E-state index in [0.29, 0.717) is 12.1 Å². The van der Waals surface area contributed by atoms with Gasteiger partial charge in [0.25, 0.3) is 0 Å². The van der Waals surface area contributed by atoms with E-state index in [1.165, 1.54) is 71.3 Å². The summed E-state index contributed by atoms with van der Waals surface area (Å²) in [5.41, 5.74) is 1.38.